The maximum absolute atomic E-state index is 13.5. The van der Waals surface area contributed by atoms with Crippen molar-refractivity contribution in [2.75, 3.05) is 26.7 Å². The summed E-state index contributed by atoms with van der Waals surface area (Å²) in [4.78, 5) is 25.5. The van der Waals surface area contributed by atoms with Gasteiger partial charge in [-0.25, -0.2) is 4.39 Å². The molecule has 0 saturated carbocycles. The average Bonchev–Trinajstić information content (AvgIpc) is 3.06. The fraction of sp³-hybridized carbons (Fsp3) is 0.300. The molecule has 2 aromatic rings. The zero-order valence-electron chi connectivity index (χ0n) is 14.6. The van der Waals surface area contributed by atoms with Gasteiger partial charge in [-0.2, -0.15) is 0 Å². The highest BCUT2D eigenvalue weighted by Gasteiger charge is 2.19. The fourth-order valence-corrected chi connectivity index (χ4v) is 3.05. The third-order valence-corrected chi connectivity index (χ3v) is 4.46. The van der Waals surface area contributed by atoms with E-state index in [4.69, 9.17) is 4.74 Å². The number of amides is 2. The molecule has 5 nitrogen and oxygen atoms in total. The third kappa shape index (κ3) is 4.02. The fourth-order valence-electron chi connectivity index (χ4n) is 3.05. The van der Waals surface area contributed by atoms with Crippen LogP contribution in [-0.4, -0.2) is 43.5 Å². The molecule has 0 radical (unpaired) electrons. The Morgan fingerprint density at radius 1 is 1.23 bits per heavy atom. The van der Waals surface area contributed by atoms with Crippen molar-refractivity contribution < 1.29 is 18.7 Å². The molecule has 1 heterocycles. The van der Waals surface area contributed by atoms with Crippen LogP contribution in [0, 0.1) is 5.82 Å². The molecule has 136 valence electrons. The molecule has 26 heavy (non-hydrogen) atoms. The zero-order chi connectivity index (χ0) is 18.5. The number of likely N-dealkylation sites (tertiary alicyclic amines) is 1. The summed E-state index contributed by atoms with van der Waals surface area (Å²) in [5.74, 6) is 0.167. The molecule has 2 amide bonds. The maximum Gasteiger partial charge on any atom is 0.251 e. The average molecular weight is 356 g/mol. The maximum atomic E-state index is 13.5. The van der Waals surface area contributed by atoms with Gasteiger partial charge < -0.3 is 15.0 Å². The quantitative estimate of drug-likeness (QED) is 0.866. The highest BCUT2D eigenvalue weighted by molar-refractivity contribution is 5.94. The predicted molar refractivity (Wildman–Crippen MR) is 96.5 cm³/mol. The molecular formula is C20H21FN2O3. The van der Waals surface area contributed by atoms with Gasteiger partial charge in [0.1, 0.15) is 11.6 Å². The standard InChI is InChI=1S/C20H21FN2O3/c1-26-18-9-8-16(21)13-17(18)14-4-6-15(7-5-14)20(25)22-10-12-23-11-2-3-19(23)24/h4-9,13H,2-3,10-12H2,1H3,(H,22,25). The van der Waals surface area contributed by atoms with Crippen molar-refractivity contribution in [3.8, 4) is 16.9 Å². The molecule has 0 bridgehead atoms. The first kappa shape index (κ1) is 17.9. The Balaban J connectivity index is 1.63. The summed E-state index contributed by atoms with van der Waals surface area (Å²) in [7, 11) is 1.53. The first-order valence-electron chi connectivity index (χ1n) is 8.58. The number of halogens is 1. The van der Waals surface area contributed by atoms with Crippen molar-refractivity contribution in [2.24, 2.45) is 0 Å². The molecule has 1 aliphatic heterocycles. The van der Waals surface area contributed by atoms with E-state index in [1.54, 1.807) is 35.2 Å². The number of nitrogens with zero attached hydrogens (tertiary/aromatic N) is 1. The largest absolute Gasteiger partial charge is 0.496 e. The van der Waals surface area contributed by atoms with Crippen LogP contribution in [0.5, 0.6) is 5.75 Å². The Bertz CT molecular complexity index is 805. The van der Waals surface area contributed by atoms with E-state index in [2.05, 4.69) is 5.32 Å². The molecule has 1 aliphatic rings. The number of carbonyl (C=O) groups is 2. The van der Waals surface area contributed by atoms with Gasteiger partial charge in [0.15, 0.2) is 0 Å². The number of ether oxygens (including phenoxy) is 1. The van der Waals surface area contributed by atoms with Gasteiger partial charge in [0.25, 0.3) is 5.91 Å². The van der Waals surface area contributed by atoms with Crippen molar-refractivity contribution >= 4 is 11.8 Å². The summed E-state index contributed by atoms with van der Waals surface area (Å²) < 4.78 is 18.8. The minimum absolute atomic E-state index is 0.146. The highest BCUT2D eigenvalue weighted by atomic mass is 19.1. The second kappa shape index (κ2) is 7.99. The molecule has 0 unspecified atom stereocenters. The highest BCUT2D eigenvalue weighted by Crippen LogP contribution is 2.30. The molecule has 1 saturated heterocycles. The Hall–Kier alpha value is -2.89. The Morgan fingerprint density at radius 3 is 2.65 bits per heavy atom. The van der Waals surface area contributed by atoms with Crippen molar-refractivity contribution in [3.63, 3.8) is 0 Å². The van der Waals surface area contributed by atoms with Crippen molar-refractivity contribution in [2.45, 2.75) is 12.8 Å². The van der Waals surface area contributed by atoms with Gasteiger partial charge in [-0.15, -0.1) is 0 Å². The molecular weight excluding hydrogens is 335 g/mol. The lowest BCUT2D eigenvalue weighted by molar-refractivity contribution is -0.127. The summed E-state index contributed by atoms with van der Waals surface area (Å²) in [6, 6.07) is 11.2. The van der Waals surface area contributed by atoms with Crippen LogP contribution < -0.4 is 10.1 Å². The van der Waals surface area contributed by atoms with E-state index in [0.29, 0.717) is 36.4 Å². The van der Waals surface area contributed by atoms with Crippen molar-refractivity contribution in [3.05, 3.63) is 53.8 Å². The number of nitrogens with one attached hydrogen (secondary N) is 1. The van der Waals surface area contributed by atoms with E-state index in [0.717, 1.165) is 18.5 Å². The SMILES string of the molecule is COc1ccc(F)cc1-c1ccc(C(=O)NCCN2CCCC2=O)cc1. The normalized spacial score (nSPS) is 13.8. The summed E-state index contributed by atoms with van der Waals surface area (Å²) in [6.45, 7) is 1.71. The van der Waals surface area contributed by atoms with Crippen LogP contribution in [0.25, 0.3) is 11.1 Å². The van der Waals surface area contributed by atoms with Crippen molar-refractivity contribution in [1.29, 1.82) is 0 Å². The molecule has 0 atom stereocenters. The van der Waals surface area contributed by atoms with Gasteiger partial charge in [0.2, 0.25) is 5.91 Å². The number of carbonyl (C=O) groups excluding carboxylic acids is 2. The van der Waals surface area contributed by atoms with Crippen LogP contribution in [0.2, 0.25) is 0 Å². The minimum Gasteiger partial charge on any atom is -0.496 e. The summed E-state index contributed by atoms with van der Waals surface area (Å²) in [6.07, 6.45) is 1.48. The smallest absolute Gasteiger partial charge is 0.251 e. The third-order valence-electron chi connectivity index (χ3n) is 4.46. The predicted octanol–water partition coefficient (Wildman–Crippen LogP) is 2.85. The van der Waals surface area contributed by atoms with Gasteiger partial charge in [0.05, 0.1) is 7.11 Å². The number of rotatable bonds is 6. The Kier molecular flexibility index (Phi) is 5.51. The number of hydrogen-bond donors (Lipinski definition) is 1. The van der Waals surface area contributed by atoms with E-state index in [9.17, 15) is 14.0 Å². The number of hydrogen-bond acceptors (Lipinski definition) is 3. The Morgan fingerprint density at radius 2 is 2.00 bits per heavy atom. The van der Waals surface area contributed by atoms with Crippen LogP contribution in [-0.2, 0) is 4.79 Å². The van der Waals surface area contributed by atoms with E-state index in [-0.39, 0.29) is 17.6 Å². The first-order valence-corrected chi connectivity index (χ1v) is 8.58. The van der Waals surface area contributed by atoms with Gasteiger partial charge in [-0.3, -0.25) is 9.59 Å². The monoisotopic (exact) mass is 356 g/mol. The first-order chi connectivity index (χ1) is 12.6. The van der Waals surface area contributed by atoms with Crippen LogP contribution in [0.4, 0.5) is 4.39 Å². The molecule has 6 heteroatoms. The lowest BCUT2D eigenvalue weighted by Gasteiger charge is -2.15. The van der Waals surface area contributed by atoms with Crippen LogP contribution in [0.3, 0.4) is 0 Å². The topological polar surface area (TPSA) is 58.6 Å². The summed E-state index contributed by atoms with van der Waals surface area (Å²) in [5.41, 5.74) is 1.91. The Labute approximate surface area is 151 Å². The van der Waals surface area contributed by atoms with Gasteiger partial charge in [-0.1, -0.05) is 12.1 Å². The van der Waals surface area contributed by atoms with Crippen LogP contribution in [0.15, 0.2) is 42.5 Å². The van der Waals surface area contributed by atoms with Crippen LogP contribution >= 0.6 is 0 Å². The van der Waals surface area contributed by atoms with E-state index < -0.39 is 0 Å². The molecule has 0 aromatic heterocycles. The lowest BCUT2D eigenvalue weighted by atomic mass is 10.0. The summed E-state index contributed by atoms with van der Waals surface area (Å²) >= 11 is 0. The van der Waals surface area contributed by atoms with Gasteiger partial charge in [-0.05, 0) is 42.3 Å². The minimum atomic E-state index is -0.348. The van der Waals surface area contributed by atoms with Gasteiger partial charge >= 0.3 is 0 Å². The second-order valence-electron chi connectivity index (χ2n) is 6.16. The van der Waals surface area contributed by atoms with Gasteiger partial charge in [0, 0.05) is 37.2 Å². The molecule has 3 rings (SSSR count). The van der Waals surface area contributed by atoms with E-state index in [1.165, 1.54) is 19.2 Å². The number of benzene rings is 2. The molecule has 1 N–H and O–H groups in total. The van der Waals surface area contributed by atoms with E-state index in [1.807, 2.05) is 0 Å². The molecule has 2 aromatic carbocycles. The lowest BCUT2D eigenvalue weighted by Crippen LogP contribution is -2.35. The molecule has 0 aliphatic carbocycles. The summed E-state index contributed by atoms with van der Waals surface area (Å²) in [5, 5.41) is 2.82. The van der Waals surface area contributed by atoms with Crippen molar-refractivity contribution in [1.82, 2.24) is 10.2 Å². The number of methoxy groups -OCH3 is 1. The van der Waals surface area contributed by atoms with Crippen LogP contribution in [0.1, 0.15) is 23.2 Å². The molecule has 1 fully saturated rings. The second-order valence-corrected chi connectivity index (χ2v) is 6.16. The zero-order valence-corrected chi connectivity index (χ0v) is 14.6. The van der Waals surface area contributed by atoms with E-state index >= 15 is 0 Å². The molecule has 0 spiro atoms.